The van der Waals surface area contributed by atoms with Crippen molar-refractivity contribution in [2.75, 3.05) is 13.7 Å². The lowest BCUT2D eigenvalue weighted by Gasteiger charge is -2.17. The second-order valence-corrected chi connectivity index (χ2v) is 4.74. The van der Waals surface area contributed by atoms with Gasteiger partial charge in [0.15, 0.2) is 0 Å². The van der Waals surface area contributed by atoms with Gasteiger partial charge in [0.2, 0.25) is 0 Å². The minimum Gasteiger partial charge on any atom is -0.496 e. The first-order valence-electron chi connectivity index (χ1n) is 6.83. The van der Waals surface area contributed by atoms with E-state index in [2.05, 4.69) is 5.32 Å². The van der Waals surface area contributed by atoms with Crippen LogP contribution in [-0.2, 0) is 6.42 Å². The lowest BCUT2D eigenvalue weighted by Crippen LogP contribution is -2.39. The quantitative estimate of drug-likeness (QED) is 0.854. The molecule has 0 fully saturated rings. The first kappa shape index (κ1) is 15.1. The number of methoxy groups -OCH3 is 1. The molecule has 2 aromatic carbocycles. The van der Waals surface area contributed by atoms with E-state index in [-0.39, 0.29) is 18.6 Å². The van der Waals surface area contributed by atoms with Gasteiger partial charge in [-0.2, -0.15) is 0 Å². The number of carbonyl (C=O) groups excluding carboxylic acids is 1. The van der Waals surface area contributed by atoms with E-state index in [0.717, 1.165) is 5.56 Å². The molecule has 110 valence electrons. The lowest BCUT2D eigenvalue weighted by atomic mass is 10.1. The number of para-hydroxylation sites is 1. The summed E-state index contributed by atoms with van der Waals surface area (Å²) < 4.78 is 5.18. The Hall–Kier alpha value is -2.33. The van der Waals surface area contributed by atoms with E-state index in [1.54, 1.807) is 18.2 Å². The van der Waals surface area contributed by atoms with Gasteiger partial charge in [0.1, 0.15) is 5.75 Å². The standard InChI is InChI=1S/C17H19NO3/c1-21-16-10-6-5-9-15(16)17(20)18-14(12-19)11-13-7-3-2-4-8-13/h2-10,14,19H,11-12H2,1H3,(H,18,20)/t14-/m1/s1. The van der Waals surface area contributed by atoms with Crippen molar-refractivity contribution in [3.8, 4) is 5.75 Å². The van der Waals surface area contributed by atoms with Gasteiger partial charge in [0.05, 0.1) is 25.3 Å². The van der Waals surface area contributed by atoms with Gasteiger partial charge in [-0.05, 0) is 24.1 Å². The average molecular weight is 285 g/mol. The fourth-order valence-electron chi connectivity index (χ4n) is 2.16. The third-order valence-electron chi connectivity index (χ3n) is 3.23. The molecule has 0 aromatic heterocycles. The fraction of sp³-hybridized carbons (Fsp3) is 0.235. The molecule has 4 heteroatoms. The third kappa shape index (κ3) is 4.07. The molecule has 0 aliphatic rings. The van der Waals surface area contributed by atoms with Gasteiger partial charge in [0.25, 0.3) is 5.91 Å². The van der Waals surface area contributed by atoms with Crippen LogP contribution >= 0.6 is 0 Å². The molecular formula is C17H19NO3. The molecule has 0 heterocycles. The second kappa shape index (κ2) is 7.45. The van der Waals surface area contributed by atoms with Gasteiger partial charge < -0.3 is 15.2 Å². The molecule has 2 rings (SSSR count). The van der Waals surface area contributed by atoms with Crippen molar-refractivity contribution in [1.82, 2.24) is 5.32 Å². The van der Waals surface area contributed by atoms with E-state index in [0.29, 0.717) is 17.7 Å². The van der Waals surface area contributed by atoms with Crippen LogP contribution in [0.2, 0.25) is 0 Å². The van der Waals surface area contributed by atoms with Gasteiger partial charge in [-0.25, -0.2) is 0 Å². The number of aliphatic hydroxyl groups is 1. The Morgan fingerprint density at radius 1 is 1.14 bits per heavy atom. The Balaban J connectivity index is 2.06. The number of aliphatic hydroxyl groups excluding tert-OH is 1. The molecule has 0 unspecified atom stereocenters. The topological polar surface area (TPSA) is 58.6 Å². The number of rotatable bonds is 6. The molecule has 1 atom stereocenters. The van der Waals surface area contributed by atoms with Crippen molar-refractivity contribution >= 4 is 5.91 Å². The number of ether oxygens (including phenoxy) is 1. The Kier molecular flexibility index (Phi) is 5.35. The van der Waals surface area contributed by atoms with Gasteiger partial charge in [0, 0.05) is 0 Å². The van der Waals surface area contributed by atoms with Crippen LogP contribution in [0.4, 0.5) is 0 Å². The highest BCUT2D eigenvalue weighted by Crippen LogP contribution is 2.17. The summed E-state index contributed by atoms with van der Waals surface area (Å²) in [5, 5.41) is 12.3. The zero-order valence-electron chi connectivity index (χ0n) is 12.0. The molecule has 4 nitrogen and oxygen atoms in total. The second-order valence-electron chi connectivity index (χ2n) is 4.74. The van der Waals surface area contributed by atoms with E-state index in [4.69, 9.17) is 4.74 Å². The van der Waals surface area contributed by atoms with E-state index >= 15 is 0 Å². The van der Waals surface area contributed by atoms with Crippen molar-refractivity contribution in [3.63, 3.8) is 0 Å². The Labute approximate surface area is 124 Å². The maximum Gasteiger partial charge on any atom is 0.255 e. The summed E-state index contributed by atoms with van der Waals surface area (Å²) in [5.41, 5.74) is 1.53. The van der Waals surface area contributed by atoms with Crippen molar-refractivity contribution in [1.29, 1.82) is 0 Å². The van der Waals surface area contributed by atoms with E-state index in [9.17, 15) is 9.90 Å². The van der Waals surface area contributed by atoms with Crippen LogP contribution in [0.25, 0.3) is 0 Å². The number of benzene rings is 2. The molecule has 2 aromatic rings. The summed E-state index contributed by atoms with van der Waals surface area (Å²) in [5.74, 6) is 0.272. The zero-order valence-corrected chi connectivity index (χ0v) is 12.0. The SMILES string of the molecule is COc1ccccc1C(=O)N[C@@H](CO)Cc1ccccc1. The summed E-state index contributed by atoms with van der Waals surface area (Å²) in [7, 11) is 1.53. The Bertz CT molecular complexity index is 584. The molecule has 0 aliphatic carbocycles. The molecule has 0 saturated carbocycles. The molecular weight excluding hydrogens is 266 g/mol. The highest BCUT2D eigenvalue weighted by atomic mass is 16.5. The predicted octanol–water partition coefficient (Wildman–Crippen LogP) is 2.03. The van der Waals surface area contributed by atoms with Crippen LogP contribution < -0.4 is 10.1 Å². The van der Waals surface area contributed by atoms with Crippen LogP contribution in [-0.4, -0.2) is 30.8 Å². The first-order chi connectivity index (χ1) is 10.2. The van der Waals surface area contributed by atoms with Crippen molar-refractivity contribution in [2.24, 2.45) is 0 Å². The van der Waals surface area contributed by atoms with E-state index in [1.807, 2.05) is 36.4 Å². The maximum absolute atomic E-state index is 12.3. The molecule has 2 N–H and O–H groups in total. The smallest absolute Gasteiger partial charge is 0.255 e. The summed E-state index contributed by atoms with van der Waals surface area (Å²) >= 11 is 0. The summed E-state index contributed by atoms with van der Waals surface area (Å²) in [6, 6.07) is 16.4. The summed E-state index contributed by atoms with van der Waals surface area (Å²) in [6.45, 7) is -0.115. The van der Waals surface area contributed by atoms with Crippen molar-refractivity contribution in [2.45, 2.75) is 12.5 Å². The molecule has 0 aliphatic heterocycles. The summed E-state index contributed by atoms with van der Waals surface area (Å²) in [4.78, 5) is 12.3. The monoisotopic (exact) mass is 285 g/mol. The molecule has 21 heavy (non-hydrogen) atoms. The van der Waals surface area contributed by atoms with Crippen LogP contribution in [0, 0.1) is 0 Å². The van der Waals surface area contributed by atoms with Gasteiger partial charge in [-0.3, -0.25) is 4.79 Å². The van der Waals surface area contributed by atoms with Crippen molar-refractivity contribution < 1.29 is 14.6 Å². The van der Waals surface area contributed by atoms with Gasteiger partial charge in [-0.1, -0.05) is 42.5 Å². The third-order valence-corrected chi connectivity index (χ3v) is 3.23. The van der Waals surface area contributed by atoms with Crippen LogP contribution in [0.3, 0.4) is 0 Å². The van der Waals surface area contributed by atoms with Gasteiger partial charge in [-0.15, -0.1) is 0 Å². The highest BCUT2D eigenvalue weighted by molar-refractivity contribution is 5.97. The van der Waals surface area contributed by atoms with E-state index in [1.165, 1.54) is 7.11 Å². The van der Waals surface area contributed by atoms with Crippen LogP contribution in [0.1, 0.15) is 15.9 Å². The summed E-state index contributed by atoms with van der Waals surface area (Å²) in [6.07, 6.45) is 0.582. The average Bonchev–Trinajstić information content (AvgIpc) is 2.55. The van der Waals surface area contributed by atoms with Crippen LogP contribution in [0.15, 0.2) is 54.6 Å². The molecule has 0 radical (unpaired) electrons. The van der Waals surface area contributed by atoms with Crippen molar-refractivity contribution in [3.05, 3.63) is 65.7 Å². The highest BCUT2D eigenvalue weighted by Gasteiger charge is 2.16. The number of hydrogen-bond acceptors (Lipinski definition) is 3. The number of carbonyl (C=O) groups is 1. The normalized spacial score (nSPS) is 11.7. The minimum absolute atomic E-state index is 0.115. The molecule has 0 saturated heterocycles. The van der Waals surface area contributed by atoms with Crippen LogP contribution in [0.5, 0.6) is 5.75 Å². The van der Waals surface area contributed by atoms with Gasteiger partial charge >= 0.3 is 0 Å². The Morgan fingerprint density at radius 3 is 2.48 bits per heavy atom. The number of nitrogens with one attached hydrogen (secondary N) is 1. The van der Waals surface area contributed by atoms with E-state index < -0.39 is 0 Å². The largest absolute Gasteiger partial charge is 0.496 e. The number of hydrogen-bond donors (Lipinski definition) is 2. The molecule has 0 bridgehead atoms. The molecule has 1 amide bonds. The zero-order chi connectivity index (χ0) is 15.1. The Morgan fingerprint density at radius 2 is 1.81 bits per heavy atom. The number of amides is 1. The fourth-order valence-corrected chi connectivity index (χ4v) is 2.16. The maximum atomic E-state index is 12.3. The lowest BCUT2D eigenvalue weighted by molar-refractivity contribution is 0.0913. The molecule has 0 spiro atoms. The minimum atomic E-state index is -0.329. The first-order valence-corrected chi connectivity index (χ1v) is 6.83. The predicted molar refractivity (Wildman–Crippen MR) is 81.5 cm³/mol.